The van der Waals surface area contributed by atoms with Crippen LogP contribution in [0.2, 0.25) is 0 Å². The van der Waals surface area contributed by atoms with Crippen molar-refractivity contribution in [2.24, 2.45) is 5.92 Å². The van der Waals surface area contributed by atoms with Crippen LogP contribution < -0.4 is 19.5 Å². The number of carbonyl (C=O) groups excluding carboxylic acids is 1. The van der Waals surface area contributed by atoms with Gasteiger partial charge >= 0.3 is 5.97 Å². The molecule has 128 valence electrons. The van der Waals surface area contributed by atoms with Crippen LogP contribution in [0.15, 0.2) is 18.2 Å². The summed E-state index contributed by atoms with van der Waals surface area (Å²) in [6, 6.07) is 4.13. The summed E-state index contributed by atoms with van der Waals surface area (Å²) in [7, 11) is 2.95. The molecular weight excluding hydrogens is 302 g/mol. The number of benzene rings is 1. The van der Waals surface area contributed by atoms with Crippen molar-refractivity contribution in [3.8, 4) is 17.2 Å². The lowest BCUT2D eigenvalue weighted by Gasteiger charge is -2.20. The molecule has 0 aliphatic heterocycles. The van der Waals surface area contributed by atoms with E-state index in [0.717, 1.165) is 0 Å². The van der Waals surface area contributed by atoms with E-state index in [9.17, 15) is 14.7 Å². The Morgan fingerprint density at radius 1 is 1.22 bits per heavy atom. The highest BCUT2D eigenvalue weighted by Gasteiger charge is 2.25. The molecule has 2 atom stereocenters. The van der Waals surface area contributed by atoms with E-state index in [0.29, 0.717) is 23.7 Å². The molecule has 7 nitrogen and oxygen atoms in total. The molecule has 0 heterocycles. The Labute approximate surface area is 135 Å². The molecule has 0 aliphatic carbocycles. The second-order valence-corrected chi connectivity index (χ2v) is 5.05. The average molecular weight is 325 g/mol. The van der Waals surface area contributed by atoms with Gasteiger partial charge in [0, 0.05) is 0 Å². The Kier molecular flexibility index (Phi) is 7.18. The van der Waals surface area contributed by atoms with Gasteiger partial charge in [0.2, 0.25) is 5.75 Å². The third kappa shape index (κ3) is 5.05. The minimum absolute atomic E-state index is 0.183. The third-order valence-corrected chi connectivity index (χ3v) is 3.53. The molecular formula is C16H23NO6. The predicted molar refractivity (Wildman–Crippen MR) is 84.1 cm³/mol. The van der Waals surface area contributed by atoms with Crippen molar-refractivity contribution in [1.29, 1.82) is 0 Å². The molecule has 0 saturated carbocycles. The zero-order chi connectivity index (χ0) is 17.4. The van der Waals surface area contributed by atoms with Gasteiger partial charge in [0.25, 0.3) is 5.91 Å². The summed E-state index contributed by atoms with van der Waals surface area (Å²) < 4.78 is 15.8. The molecule has 2 N–H and O–H groups in total. The molecule has 0 saturated heterocycles. The Bertz CT molecular complexity index is 523. The summed E-state index contributed by atoms with van der Waals surface area (Å²) in [5.74, 6) is -0.628. The molecule has 1 amide bonds. The smallest absolute Gasteiger partial charge is 0.326 e. The van der Waals surface area contributed by atoms with Gasteiger partial charge in [-0.25, -0.2) is 4.79 Å². The van der Waals surface area contributed by atoms with Crippen LogP contribution in [0.4, 0.5) is 0 Å². The van der Waals surface area contributed by atoms with Crippen LogP contribution in [-0.2, 0) is 9.59 Å². The summed E-state index contributed by atoms with van der Waals surface area (Å²) in [4.78, 5) is 23.2. The summed E-state index contributed by atoms with van der Waals surface area (Å²) in [6.07, 6.45) is 0.637. The first-order chi connectivity index (χ1) is 10.9. The van der Waals surface area contributed by atoms with Gasteiger partial charge in [-0.3, -0.25) is 4.79 Å². The van der Waals surface area contributed by atoms with E-state index in [1.807, 2.05) is 6.92 Å². The van der Waals surface area contributed by atoms with Crippen molar-refractivity contribution in [2.75, 3.05) is 20.8 Å². The second-order valence-electron chi connectivity index (χ2n) is 5.05. The molecule has 0 aliphatic rings. The van der Waals surface area contributed by atoms with E-state index in [1.54, 1.807) is 25.1 Å². The van der Waals surface area contributed by atoms with E-state index >= 15 is 0 Å². The molecule has 0 radical (unpaired) electrons. The maximum atomic E-state index is 12.0. The number of hydrogen-bond acceptors (Lipinski definition) is 5. The zero-order valence-electron chi connectivity index (χ0n) is 13.8. The molecule has 2 unspecified atom stereocenters. The van der Waals surface area contributed by atoms with Gasteiger partial charge in [0.15, 0.2) is 18.1 Å². The molecule has 0 bridgehead atoms. The van der Waals surface area contributed by atoms with Crippen molar-refractivity contribution >= 4 is 11.9 Å². The number of para-hydroxylation sites is 1. The average Bonchev–Trinajstić information content (AvgIpc) is 2.56. The summed E-state index contributed by atoms with van der Waals surface area (Å²) >= 11 is 0. The number of methoxy groups -OCH3 is 2. The summed E-state index contributed by atoms with van der Waals surface area (Å²) in [5.41, 5.74) is 0. The number of hydrogen-bond donors (Lipinski definition) is 2. The van der Waals surface area contributed by atoms with Gasteiger partial charge in [-0.15, -0.1) is 0 Å². The van der Waals surface area contributed by atoms with Gasteiger partial charge in [0.05, 0.1) is 14.2 Å². The van der Waals surface area contributed by atoms with Gasteiger partial charge in [-0.2, -0.15) is 0 Å². The van der Waals surface area contributed by atoms with Crippen LogP contribution in [0.1, 0.15) is 20.3 Å². The Hall–Kier alpha value is -2.44. The fourth-order valence-electron chi connectivity index (χ4n) is 2.00. The largest absolute Gasteiger partial charge is 0.493 e. The maximum Gasteiger partial charge on any atom is 0.326 e. The number of ether oxygens (including phenoxy) is 3. The lowest BCUT2D eigenvalue weighted by molar-refractivity contribution is -0.143. The molecule has 0 fully saturated rings. The van der Waals surface area contributed by atoms with E-state index < -0.39 is 17.9 Å². The first kappa shape index (κ1) is 18.6. The molecule has 0 spiro atoms. The van der Waals surface area contributed by atoms with Gasteiger partial charge in [-0.1, -0.05) is 26.3 Å². The lowest BCUT2D eigenvalue weighted by Crippen LogP contribution is -2.46. The molecule has 1 aromatic rings. The Morgan fingerprint density at radius 3 is 2.22 bits per heavy atom. The van der Waals surface area contributed by atoms with Crippen LogP contribution in [0.25, 0.3) is 0 Å². The van der Waals surface area contributed by atoms with Crippen LogP contribution in [-0.4, -0.2) is 43.9 Å². The Morgan fingerprint density at radius 2 is 1.78 bits per heavy atom. The third-order valence-electron chi connectivity index (χ3n) is 3.53. The normalized spacial score (nSPS) is 12.9. The van der Waals surface area contributed by atoms with E-state index in [4.69, 9.17) is 14.2 Å². The van der Waals surface area contributed by atoms with E-state index in [2.05, 4.69) is 5.32 Å². The number of carboxylic acid groups (broad SMARTS) is 1. The number of nitrogens with one attached hydrogen (secondary N) is 1. The first-order valence-corrected chi connectivity index (χ1v) is 7.30. The topological polar surface area (TPSA) is 94.1 Å². The fourth-order valence-corrected chi connectivity index (χ4v) is 2.00. The number of carbonyl (C=O) groups is 2. The van der Waals surface area contributed by atoms with Crippen LogP contribution in [0, 0.1) is 5.92 Å². The number of amides is 1. The minimum atomic E-state index is -1.07. The maximum absolute atomic E-state index is 12.0. The van der Waals surface area contributed by atoms with Crippen LogP contribution >= 0.6 is 0 Å². The van der Waals surface area contributed by atoms with Gasteiger partial charge in [0.1, 0.15) is 6.04 Å². The SMILES string of the molecule is CCC(C)C(NC(=O)COc1c(OC)cccc1OC)C(=O)O. The number of carboxylic acids is 1. The molecule has 0 aromatic heterocycles. The molecule has 1 aromatic carbocycles. The quantitative estimate of drug-likeness (QED) is 0.718. The minimum Gasteiger partial charge on any atom is -0.493 e. The van der Waals surface area contributed by atoms with Crippen molar-refractivity contribution in [2.45, 2.75) is 26.3 Å². The monoisotopic (exact) mass is 325 g/mol. The highest BCUT2D eigenvalue weighted by molar-refractivity contribution is 5.84. The van der Waals surface area contributed by atoms with Gasteiger partial charge in [-0.05, 0) is 18.1 Å². The molecule has 23 heavy (non-hydrogen) atoms. The number of rotatable bonds is 9. The fraction of sp³-hybridized carbons (Fsp3) is 0.500. The lowest BCUT2D eigenvalue weighted by atomic mass is 9.99. The second kappa shape index (κ2) is 8.87. The number of aliphatic carboxylic acids is 1. The summed E-state index contributed by atoms with van der Waals surface area (Å²) in [6.45, 7) is 3.29. The van der Waals surface area contributed by atoms with Crippen molar-refractivity contribution in [3.63, 3.8) is 0 Å². The van der Waals surface area contributed by atoms with E-state index in [-0.39, 0.29) is 12.5 Å². The predicted octanol–water partition coefficient (Wildman–Crippen LogP) is 1.70. The summed E-state index contributed by atoms with van der Waals surface area (Å²) in [5, 5.41) is 11.6. The van der Waals surface area contributed by atoms with Crippen LogP contribution in [0.5, 0.6) is 17.2 Å². The standard InChI is InChI=1S/C16H23NO6/c1-5-10(2)14(16(19)20)17-13(18)9-23-15-11(21-3)7-6-8-12(15)22-4/h6-8,10,14H,5,9H2,1-4H3,(H,17,18)(H,19,20). The van der Waals surface area contributed by atoms with E-state index in [1.165, 1.54) is 14.2 Å². The molecule has 1 rings (SSSR count). The first-order valence-electron chi connectivity index (χ1n) is 7.30. The Balaban J connectivity index is 2.75. The van der Waals surface area contributed by atoms with Crippen molar-refractivity contribution in [1.82, 2.24) is 5.32 Å². The van der Waals surface area contributed by atoms with Crippen LogP contribution in [0.3, 0.4) is 0 Å². The highest BCUT2D eigenvalue weighted by Crippen LogP contribution is 2.36. The highest BCUT2D eigenvalue weighted by atomic mass is 16.5. The zero-order valence-corrected chi connectivity index (χ0v) is 13.8. The van der Waals surface area contributed by atoms with Crippen molar-refractivity contribution in [3.05, 3.63) is 18.2 Å². The van der Waals surface area contributed by atoms with Gasteiger partial charge < -0.3 is 24.6 Å². The van der Waals surface area contributed by atoms with Crippen molar-refractivity contribution < 1.29 is 28.9 Å². The molecule has 7 heteroatoms.